The van der Waals surface area contributed by atoms with Gasteiger partial charge in [-0.3, -0.25) is 4.98 Å². The Hall–Kier alpha value is -6.91. The van der Waals surface area contributed by atoms with E-state index in [1.54, 1.807) is 0 Å². The van der Waals surface area contributed by atoms with Crippen molar-refractivity contribution in [3.63, 3.8) is 0 Å². The molecule has 4 heterocycles. The van der Waals surface area contributed by atoms with E-state index in [2.05, 4.69) is 184 Å². The molecule has 4 heteroatoms. The SMILES string of the molecule is c1ccc(-c2cccc(-n3c4ccccc4c4ccc5c6ccccc6n(-c6ccc7c(c6)c6ncccc6n7-c6ccccc6)c5c43)c2)cc1. The zero-order chi connectivity index (χ0) is 33.5. The molecule has 11 aromatic rings. The Kier molecular flexibility index (Phi) is 5.92. The van der Waals surface area contributed by atoms with E-state index in [1.165, 1.54) is 54.7 Å². The molecular formula is C47H30N4. The molecule has 0 aliphatic carbocycles. The molecule has 7 aromatic carbocycles. The monoisotopic (exact) mass is 650 g/mol. The standard InChI is InChI=1S/C47H30N4/c1-3-13-31(14-4-1)32-15-11-18-34(29-32)50-41-21-9-7-19-36(41)38-25-26-39-37-20-8-10-22-42(37)51(47(39)46(38)50)35-24-27-43-40(30-35)45-44(23-12-28-48-45)49(43)33-16-5-2-6-17-33/h1-30H. The van der Waals surface area contributed by atoms with Gasteiger partial charge in [0.2, 0.25) is 0 Å². The molecule has 0 aliphatic heterocycles. The third kappa shape index (κ3) is 4.05. The van der Waals surface area contributed by atoms with Gasteiger partial charge in [-0.15, -0.1) is 0 Å². The number of para-hydroxylation sites is 3. The van der Waals surface area contributed by atoms with E-state index in [0.717, 1.165) is 39.0 Å². The molecule has 0 spiro atoms. The minimum atomic E-state index is 0.996. The van der Waals surface area contributed by atoms with E-state index in [1.807, 2.05) is 12.3 Å². The largest absolute Gasteiger partial charge is 0.308 e. The van der Waals surface area contributed by atoms with Crippen LogP contribution in [-0.2, 0) is 0 Å². The maximum Gasteiger partial charge on any atom is 0.0964 e. The third-order valence-corrected chi connectivity index (χ3v) is 10.5. The Morgan fingerprint density at radius 2 is 0.863 bits per heavy atom. The minimum absolute atomic E-state index is 0.996. The summed E-state index contributed by atoms with van der Waals surface area (Å²) in [5, 5.41) is 6.05. The fourth-order valence-corrected chi connectivity index (χ4v) is 8.31. The molecule has 4 aromatic heterocycles. The van der Waals surface area contributed by atoms with E-state index in [-0.39, 0.29) is 0 Å². The predicted molar refractivity (Wildman–Crippen MR) is 213 cm³/mol. The molecule has 0 radical (unpaired) electrons. The second kappa shape index (κ2) is 10.8. The summed E-state index contributed by atoms with van der Waals surface area (Å²) in [7, 11) is 0. The average Bonchev–Trinajstić information content (AvgIpc) is 3.84. The lowest BCUT2D eigenvalue weighted by Crippen LogP contribution is -1.99. The molecule has 0 saturated heterocycles. The summed E-state index contributed by atoms with van der Waals surface area (Å²) >= 11 is 0. The highest BCUT2D eigenvalue weighted by Crippen LogP contribution is 2.43. The van der Waals surface area contributed by atoms with Gasteiger partial charge < -0.3 is 13.7 Å². The molecule has 0 atom stereocenters. The van der Waals surface area contributed by atoms with Crippen LogP contribution in [0.2, 0.25) is 0 Å². The van der Waals surface area contributed by atoms with E-state index < -0.39 is 0 Å². The number of rotatable bonds is 4. The van der Waals surface area contributed by atoms with Crippen molar-refractivity contribution in [2.24, 2.45) is 0 Å². The van der Waals surface area contributed by atoms with Gasteiger partial charge in [-0.1, -0.05) is 109 Å². The zero-order valence-electron chi connectivity index (χ0n) is 27.6. The van der Waals surface area contributed by atoms with Crippen LogP contribution in [0.4, 0.5) is 0 Å². The van der Waals surface area contributed by atoms with Crippen LogP contribution in [0.25, 0.3) is 93.7 Å². The Morgan fingerprint density at radius 1 is 0.314 bits per heavy atom. The van der Waals surface area contributed by atoms with E-state index in [0.29, 0.717) is 0 Å². The first-order valence-electron chi connectivity index (χ1n) is 17.4. The first-order chi connectivity index (χ1) is 25.3. The summed E-state index contributed by atoms with van der Waals surface area (Å²) in [4.78, 5) is 4.93. The van der Waals surface area contributed by atoms with Crippen LogP contribution < -0.4 is 0 Å². The van der Waals surface area contributed by atoms with Crippen molar-refractivity contribution in [1.29, 1.82) is 0 Å². The number of hydrogen-bond donors (Lipinski definition) is 0. The highest BCUT2D eigenvalue weighted by atomic mass is 15.0. The Labute approximate surface area is 293 Å². The highest BCUT2D eigenvalue weighted by Gasteiger charge is 2.22. The van der Waals surface area contributed by atoms with Gasteiger partial charge in [0, 0.05) is 50.2 Å². The zero-order valence-corrected chi connectivity index (χ0v) is 27.6. The van der Waals surface area contributed by atoms with Gasteiger partial charge in [-0.25, -0.2) is 0 Å². The highest BCUT2D eigenvalue weighted by molar-refractivity contribution is 6.24. The lowest BCUT2D eigenvalue weighted by molar-refractivity contribution is 1.15. The molecule has 11 rings (SSSR count). The van der Waals surface area contributed by atoms with Crippen molar-refractivity contribution < 1.29 is 0 Å². The molecule has 0 saturated carbocycles. The van der Waals surface area contributed by atoms with E-state index in [9.17, 15) is 0 Å². The van der Waals surface area contributed by atoms with E-state index >= 15 is 0 Å². The summed E-state index contributed by atoms with van der Waals surface area (Å²) in [6, 6.07) is 63.4. The molecule has 238 valence electrons. The summed E-state index contributed by atoms with van der Waals surface area (Å²) in [5.74, 6) is 0. The number of hydrogen-bond acceptors (Lipinski definition) is 1. The van der Waals surface area contributed by atoms with Gasteiger partial charge in [0.1, 0.15) is 0 Å². The second-order valence-electron chi connectivity index (χ2n) is 13.2. The number of fused-ring (bicyclic) bond motifs is 10. The summed E-state index contributed by atoms with van der Waals surface area (Å²) in [5.41, 5.74) is 13.7. The van der Waals surface area contributed by atoms with Crippen molar-refractivity contribution in [3.05, 3.63) is 182 Å². The fraction of sp³-hybridized carbons (Fsp3) is 0. The Bertz CT molecular complexity index is 3130. The van der Waals surface area contributed by atoms with Crippen LogP contribution in [0.1, 0.15) is 0 Å². The molecular weight excluding hydrogens is 621 g/mol. The van der Waals surface area contributed by atoms with E-state index in [4.69, 9.17) is 4.98 Å². The van der Waals surface area contributed by atoms with Crippen molar-refractivity contribution in [2.75, 3.05) is 0 Å². The summed E-state index contributed by atoms with van der Waals surface area (Å²) in [6.07, 6.45) is 1.90. The minimum Gasteiger partial charge on any atom is -0.308 e. The molecule has 0 unspecified atom stereocenters. The van der Waals surface area contributed by atoms with Crippen molar-refractivity contribution in [3.8, 4) is 28.2 Å². The molecule has 51 heavy (non-hydrogen) atoms. The summed E-state index contributed by atoms with van der Waals surface area (Å²) < 4.78 is 7.26. The average molecular weight is 651 g/mol. The molecule has 0 bridgehead atoms. The first-order valence-corrected chi connectivity index (χ1v) is 17.4. The maximum absolute atomic E-state index is 4.93. The van der Waals surface area contributed by atoms with Crippen molar-refractivity contribution in [2.45, 2.75) is 0 Å². The van der Waals surface area contributed by atoms with Crippen LogP contribution in [0.5, 0.6) is 0 Å². The van der Waals surface area contributed by atoms with Crippen LogP contribution in [-0.4, -0.2) is 18.7 Å². The quantitative estimate of drug-likeness (QED) is 0.186. The van der Waals surface area contributed by atoms with Gasteiger partial charge in [-0.2, -0.15) is 0 Å². The smallest absolute Gasteiger partial charge is 0.0964 e. The second-order valence-corrected chi connectivity index (χ2v) is 13.2. The Balaban J connectivity index is 1.27. The van der Waals surface area contributed by atoms with Gasteiger partial charge in [0.25, 0.3) is 0 Å². The molecule has 0 fully saturated rings. The van der Waals surface area contributed by atoms with Crippen LogP contribution in [0, 0.1) is 0 Å². The molecule has 4 nitrogen and oxygen atoms in total. The predicted octanol–water partition coefficient (Wildman–Crippen LogP) is 12.0. The van der Waals surface area contributed by atoms with Gasteiger partial charge >= 0.3 is 0 Å². The normalized spacial score (nSPS) is 11.9. The topological polar surface area (TPSA) is 27.7 Å². The van der Waals surface area contributed by atoms with Crippen LogP contribution >= 0.6 is 0 Å². The number of nitrogens with zero attached hydrogens (tertiary/aromatic N) is 4. The Morgan fingerprint density at radius 3 is 1.57 bits per heavy atom. The van der Waals surface area contributed by atoms with Gasteiger partial charge in [-0.05, 0) is 77.9 Å². The molecule has 0 amide bonds. The van der Waals surface area contributed by atoms with Crippen LogP contribution in [0.3, 0.4) is 0 Å². The van der Waals surface area contributed by atoms with Crippen molar-refractivity contribution >= 4 is 65.5 Å². The molecule has 0 aliphatic rings. The van der Waals surface area contributed by atoms with Crippen LogP contribution in [0.15, 0.2) is 182 Å². The first kappa shape index (κ1) is 28.0. The number of pyridine rings is 1. The van der Waals surface area contributed by atoms with Crippen molar-refractivity contribution in [1.82, 2.24) is 18.7 Å². The van der Waals surface area contributed by atoms with Gasteiger partial charge in [0.15, 0.2) is 0 Å². The third-order valence-electron chi connectivity index (χ3n) is 10.5. The maximum atomic E-state index is 4.93. The summed E-state index contributed by atoms with van der Waals surface area (Å²) in [6.45, 7) is 0. The number of benzene rings is 7. The lowest BCUT2D eigenvalue weighted by Gasteiger charge is -2.14. The molecule has 0 N–H and O–H groups in total. The lowest BCUT2D eigenvalue weighted by atomic mass is 10.1. The number of aromatic nitrogens is 4. The van der Waals surface area contributed by atoms with Gasteiger partial charge in [0.05, 0.1) is 38.6 Å². The fourth-order valence-electron chi connectivity index (χ4n) is 8.31.